The quantitative estimate of drug-likeness (QED) is 0.783. The van der Waals surface area contributed by atoms with Crippen LogP contribution in [0.5, 0.6) is 5.75 Å². The van der Waals surface area contributed by atoms with E-state index in [1.54, 1.807) is 55.5 Å². The van der Waals surface area contributed by atoms with Crippen LogP contribution in [0.2, 0.25) is 0 Å². The molecule has 0 aliphatic rings. The molecule has 2 aromatic rings. The van der Waals surface area contributed by atoms with Crippen LogP contribution in [0.15, 0.2) is 40.8 Å². The summed E-state index contributed by atoms with van der Waals surface area (Å²) in [5, 5.41) is 2.80. The number of likely N-dealkylation sites (N-methyl/N-ethyl adjacent to an activating group) is 1. The van der Waals surface area contributed by atoms with Crippen molar-refractivity contribution in [3.8, 4) is 5.75 Å². The van der Waals surface area contributed by atoms with Gasteiger partial charge in [-0.25, -0.2) is 4.79 Å². The number of nitrogens with zero attached hydrogens (tertiary/aromatic N) is 1. The van der Waals surface area contributed by atoms with E-state index in [-0.39, 0.29) is 18.2 Å². The molecule has 128 valence electrons. The van der Waals surface area contributed by atoms with Crippen molar-refractivity contribution in [2.45, 2.75) is 6.54 Å². The topological polar surface area (TPSA) is 81.0 Å². The van der Waals surface area contributed by atoms with Crippen LogP contribution in [-0.2, 0) is 16.1 Å². The van der Waals surface area contributed by atoms with Crippen molar-refractivity contribution in [3.63, 3.8) is 0 Å². The Morgan fingerprint density at radius 2 is 2.00 bits per heavy atom. The van der Waals surface area contributed by atoms with Crippen molar-refractivity contribution < 1.29 is 23.5 Å². The summed E-state index contributed by atoms with van der Waals surface area (Å²) in [5.74, 6) is 0.700. The normalized spacial score (nSPS) is 10.5. The molecule has 1 N–H and O–H groups in total. The largest absolute Gasteiger partial charge is 0.497 e. The van der Waals surface area contributed by atoms with Crippen LogP contribution in [0.1, 0.15) is 16.3 Å². The highest BCUT2D eigenvalue weighted by molar-refractivity contribution is 5.92. The van der Waals surface area contributed by atoms with Crippen LogP contribution >= 0.6 is 0 Å². The first-order chi connectivity index (χ1) is 11.5. The SMILES string of the molecule is COC(=O)c1ccc(CN(C)CC(=O)Nc2cccc(OC)c2)o1. The predicted octanol–water partition coefficient (Wildman–Crippen LogP) is 2.15. The van der Waals surface area contributed by atoms with Crippen LogP contribution in [0.4, 0.5) is 5.69 Å². The Hall–Kier alpha value is -2.80. The Labute approximate surface area is 140 Å². The minimum Gasteiger partial charge on any atom is -0.497 e. The van der Waals surface area contributed by atoms with Crippen molar-refractivity contribution in [1.29, 1.82) is 0 Å². The van der Waals surface area contributed by atoms with E-state index in [0.29, 0.717) is 23.7 Å². The van der Waals surface area contributed by atoms with E-state index in [9.17, 15) is 9.59 Å². The summed E-state index contributed by atoms with van der Waals surface area (Å²) >= 11 is 0. The molecule has 0 spiro atoms. The molecule has 7 heteroatoms. The number of hydrogen-bond acceptors (Lipinski definition) is 6. The van der Waals surface area contributed by atoms with E-state index >= 15 is 0 Å². The van der Waals surface area contributed by atoms with Gasteiger partial charge in [0.25, 0.3) is 0 Å². The molecule has 0 atom stereocenters. The van der Waals surface area contributed by atoms with Crippen molar-refractivity contribution >= 4 is 17.6 Å². The van der Waals surface area contributed by atoms with Crippen molar-refractivity contribution in [2.75, 3.05) is 33.1 Å². The van der Waals surface area contributed by atoms with E-state index in [4.69, 9.17) is 9.15 Å². The molecule has 0 bridgehead atoms. The first kappa shape index (κ1) is 17.6. The lowest BCUT2D eigenvalue weighted by atomic mass is 10.3. The summed E-state index contributed by atoms with van der Waals surface area (Å²) in [5.41, 5.74) is 0.665. The van der Waals surface area contributed by atoms with E-state index in [2.05, 4.69) is 10.1 Å². The van der Waals surface area contributed by atoms with Crippen molar-refractivity contribution in [3.05, 3.63) is 47.9 Å². The molecule has 1 amide bonds. The Balaban J connectivity index is 1.87. The number of carbonyl (C=O) groups excluding carboxylic acids is 2. The van der Waals surface area contributed by atoms with Crippen LogP contribution in [-0.4, -0.2) is 44.6 Å². The maximum absolute atomic E-state index is 12.1. The van der Waals surface area contributed by atoms with Crippen LogP contribution in [0.3, 0.4) is 0 Å². The van der Waals surface area contributed by atoms with Gasteiger partial charge in [0.05, 0.1) is 27.3 Å². The van der Waals surface area contributed by atoms with Gasteiger partial charge in [0.2, 0.25) is 11.7 Å². The predicted molar refractivity (Wildman–Crippen MR) is 88.0 cm³/mol. The number of methoxy groups -OCH3 is 2. The molecule has 24 heavy (non-hydrogen) atoms. The Kier molecular flexibility index (Phi) is 5.97. The summed E-state index contributed by atoms with van der Waals surface area (Å²) in [4.78, 5) is 25.2. The molecule has 1 aromatic carbocycles. The molecular formula is C17H20N2O5. The molecular weight excluding hydrogens is 312 g/mol. The third-order valence-electron chi connectivity index (χ3n) is 3.24. The molecule has 1 aromatic heterocycles. The highest BCUT2D eigenvalue weighted by atomic mass is 16.5. The zero-order valence-electron chi connectivity index (χ0n) is 13.9. The van der Waals surface area contributed by atoms with Crippen LogP contribution < -0.4 is 10.1 Å². The number of furan rings is 1. The van der Waals surface area contributed by atoms with Gasteiger partial charge in [0.15, 0.2) is 0 Å². The number of rotatable bonds is 7. The van der Waals surface area contributed by atoms with Gasteiger partial charge >= 0.3 is 5.97 Å². The second-order valence-corrected chi connectivity index (χ2v) is 5.21. The van der Waals surface area contributed by atoms with Crippen LogP contribution in [0.25, 0.3) is 0 Å². The van der Waals surface area contributed by atoms with E-state index in [1.165, 1.54) is 7.11 Å². The standard InChI is InChI=1S/C17H20N2O5/c1-19(10-14-7-8-15(24-14)17(21)23-3)11-16(20)18-12-5-4-6-13(9-12)22-2/h4-9H,10-11H2,1-3H3,(H,18,20). The average molecular weight is 332 g/mol. The molecule has 1 heterocycles. The van der Waals surface area contributed by atoms with Gasteiger partial charge < -0.3 is 19.2 Å². The summed E-state index contributed by atoms with van der Waals surface area (Å²) in [7, 11) is 4.64. The van der Waals surface area contributed by atoms with E-state index < -0.39 is 5.97 Å². The summed E-state index contributed by atoms with van der Waals surface area (Å²) in [6, 6.07) is 10.4. The number of carbonyl (C=O) groups is 2. The fourth-order valence-electron chi connectivity index (χ4n) is 2.14. The van der Waals surface area contributed by atoms with Gasteiger partial charge in [-0.2, -0.15) is 0 Å². The maximum Gasteiger partial charge on any atom is 0.373 e. The van der Waals surface area contributed by atoms with Gasteiger partial charge in [-0.05, 0) is 31.3 Å². The van der Waals surface area contributed by atoms with Crippen molar-refractivity contribution in [1.82, 2.24) is 4.90 Å². The zero-order valence-corrected chi connectivity index (χ0v) is 13.9. The molecule has 0 aliphatic carbocycles. The molecule has 2 rings (SSSR count). The number of benzene rings is 1. The fraction of sp³-hybridized carbons (Fsp3) is 0.294. The number of ether oxygens (including phenoxy) is 2. The molecule has 0 radical (unpaired) electrons. The second-order valence-electron chi connectivity index (χ2n) is 5.21. The second kappa shape index (κ2) is 8.16. The third-order valence-corrected chi connectivity index (χ3v) is 3.24. The third kappa shape index (κ3) is 4.85. The minimum absolute atomic E-state index is 0.140. The molecule has 0 unspecified atom stereocenters. The number of anilines is 1. The van der Waals surface area contributed by atoms with Crippen molar-refractivity contribution in [2.24, 2.45) is 0 Å². The first-order valence-electron chi connectivity index (χ1n) is 7.31. The smallest absolute Gasteiger partial charge is 0.373 e. The highest BCUT2D eigenvalue weighted by Crippen LogP contribution is 2.16. The average Bonchev–Trinajstić information content (AvgIpc) is 3.02. The first-order valence-corrected chi connectivity index (χ1v) is 7.31. The Bertz CT molecular complexity index is 711. The molecule has 0 aliphatic heterocycles. The number of esters is 1. The van der Waals surface area contributed by atoms with Gasteiger partial charge in [-0.3, -0.25) is 9.69 Å². The van der Waals surface area contributed by atoms with E-state index in [0.717, 1.165) is 0 Å². The minimum atomic E-state index is -0.528. The number of nitrogens with one attached hydrogen (secondary N) is 1. The molecule has 0 saturated heterocycles. The Morgan fingerprint density at radius 3 is 2.71 bits per heavy atom. The van der Waals surface area contributed by atoms with Crippen LogP contribution in [0, 0.1) is 0 Å². The maximum atomic E-state index is 12.1. The molecule has 0 fully saturated rings. The van der Waals surface area contributed by atoms with E-state index in [1.807, 2.05) is 0 Å². The summed E-state index contributed by atoms with van der Waals surface area (Å²) < 4.78 is 15.1. The summed E-state index contributed by atoms with van der Waals surface area (Å²) in [6.45, 7) is 0.563. The zero-order chi connectivity index (χ0) is 17.5. The number of amides is 1. The monoisotopic (exact) mass is 332 g/mol. The fourth-order valence-corrected chi connectivity index (χ4v) is 2.14. The molecule has 7 nitrogen and oxygen atoms in total. The van der Waals surface area contributed by atoms with Gasteiger partial charge in [0.1, 0.15) is 11.5 Å². The lowest BCUT2D eigenvalue weighted by molar-refractivity contribution is -0.117. The van der Waals surface area contributed by atoms with Gasteiger partial charge in [-0.15, -0.1) is 0 Å². The van der Waals surface area contributed by atoms with Gasteiger partial charge in [-0.1, -0.05) is 6.07 Å². The Morgan fingerprint density at radius 1 is 1.21 bits per heavy atom. The van der Waals surface area contributed by atoms with Gasteiger partial charge in [0, 0.05) is 11.8 Å². The summed E-state index contributed by atoms with van der Waals surface area (Å²) in [6.07, 6.45) is 0. The molecule has 0 saturated carbocycles. The number of hydrogen-bond donors (Lipinski definition) is 1. The lowest BCUT2D eigenvalue weighted by Gasteiger charge is -2.15. The highest BCUT2D eigenvalue weighted by Gasteiger charge is 2.14. The lowest BCUT2D eigenvalue weighted by Crippen LogP contribution is -2.29.